The van der Waals surface area contributed by atoms with E-state index in [-0.39, 0.29) is 26.3 Å². The van der Waals surface area contributed by atoms with Crippen LogP contribution in [0, 0.1) is 6.92 Å². The number of nitrogens with one attached hydrogen (secondary N) is 1. The first kappa shape index (κ1) is 17.5. The summed E-state index contributed by atoms with van der Waals surface area (Å²) in [5.41, 5.74) is 0.585. The quantitative estimate of drug-likeness (QED) is 0.671. The first-order chi connectivity index (χ1) is 9.74. The van der Waals surface area contributed by atoms with E-state index in [1.54, 1.807) is 6.20 Å². The van der Waals surface area contributed by atoms with Crippen molar-refractivity contribution in [1.82, 2.24) is 25.5 Å². The molecule has 0 aliphatic carbocycles. The van der Waals surface area contributed by atoms with Crippen LogP contribution in [0.15, 0.2) is 6.20 Å². The molecule has 1 fully saturated rings. The van der Waals surface area contributed by atoms with Crippen LogP contribution in [0.3, 0.4) is 0 Å². The minimum absolute atomic E-state index is 0. The Hall–Kier alpha value is -1.52. The second-order valence-corrected chi connectivity index (χ2v) is 4.30. The summed E-state index contributed by atoms with van der Waals surface area (Å²) in [6.45, 7) is 7.63. The third kappa shape index (κ3) is 3.99. The van der Waals surface area contributed by atoms with Gasteiger partial charge in [0.25, 0.3) is 0 Å². The molecule has 0 aromatic carbocycles. The summed E-state index contributed by atoms with van der Waals surface area (Å²) in [6.07, 6.45) is 2.55. The molecule has 7 nitrogen and oxygen atoms in total. The fourth-order valence-corrected chi connectivity index (χ4v) is 2.11. The van der Waals surface area contributed by atoms with Crippen molar-refractivity contribution in [3.05, 3.63) is 12.0 Å². The van der Waals surface area contributed by atoms with Gasteiger partial charge < -0.3 is 20.3 Å². The third-order valence-corrected chi connectivity index (χ3v) is 2.92. The zero-order valence-electron chi connectivity index (χ0n) is 12.4. The summed E-state index contributed by atoms with van der Waals surface area (Å²) in [6, 6.07) is 0. The van der Waals surface area contributed by atoms with Crippen LogP contribution in [0.5, 0.6) is 0 Å². The molecule has 2 aromatic heterocycles. The SMILES string of the molecule is CC.Cc1nc(N2CCCNC(=O)C2)c2cn[n-]c2n1.[Re]. The van der Waals surface area contributed by atoms with Crippen molar-refractivity contribution in [2.45, 2.75) is 27.2 Å². The Labute approximate surface area is 137 Å². The summed E-state index contributed by atoms with van der Waals surface area (Å²) in [7, 11) is 0. The van der Waals surface area contributed by atoms with Crippen molar-refractivity contribution in [2.24, 2.45) is 0 Å². The molecule has 2 aromatic rings. The van der Waals surface area contributed by atoms with Gasteiger partial charge in [-0.2, -0.15) is 0 Å². The van der Waals surface area contributed by atoms with Gasteiger partial charge in [0.05, 0.1) is 6.54 Å². The molecule has 1 saturated heterocycles. The van der Waals surface area contributed by atoms with Crippen LogP contribution in [-0.4, -0.2) is 40.6 Å². The number of amides is 1. The van der Waals surface area contributed by atoms with E-state index >= 15 is 0 Å². The number of carbonyl (C=O) groups excluding carboxylic acids is 1. The molecule has 21 heavy (non-hydrogen) atoms. The van der Waals surface area contributed by atoms with E-state index < -0.39 is 0 Å². The summed E-state index contributed by atoms with van der Waals surface area (Å²) >= 11 is 0. The van der Waals surface area contributed by atoms with Crippen molar-refractivity contribution in [3.8, 4) is 0 Å². The Balaban J connectivity index is 0.000000706. The van der Waals surface area contributed by atoms with Crippen LogP contribution in [-0.2, 0) is 25.2 Å². The van der Waals surface area contributed by atoms with E-state index in [4.69, 9.17) is 0 Å². The minimum Gasteiger partial charge on any atom is -0.422 e. The number of anilines is 1. The predicted molar refractivity (Wildman–Crippen MR) is 76.6 cm³/mol. The van der Waals surface area contributed by atoms with E-state index in [2.05, 4.69) is 25.5 Å². The van der Waals surface area contributed by atoms with Gasteiger partial charge in [0.1, 0.15) is 5.82 Å². The normalized spacial score (nSPS) is 14.6. The van der Waals surface area contributed by atoms with Crippen LogP contribution < -0.4 is 15.3 Å². The maximum absolute atomic E-state index is 11.6. The van der Waals surface area contributed by atoms with Crippen molar-refractivity contribution in [1.29, 1.82) is 0 Å². The third-order valence-electron chi connectivity index (χ3n) is 2.92. The largest absolute Gasteiger partial charge is 0.422 e. The van der Waals surface area contributed by atoms with Gasteiger partial charge in [-0.1, -0.05) is 13.8 Å². The maximum atomic E-state index is 11.6. The van der Waals surface area contributed by atoms with Crippen LogP contribution in [0.25, 0.3) is 11.0 Å². The Kier molecular flexibility index (Phi) is 6.73. The van der Waals surface area contributed by atoms with Crippen LogP contribution in [0.4, 0.5) is 5.82 Å². The van der Waals surface area contributed by atoms with E-state index in [1.807, 2.05) is 25.7 Å². The number of nitrogens with zero attached hydrogens (tertiary/aromatic N) is 5. The molecule has 1 aliphatic rings. The summed E-state index contributed by atoms with van der Waals surface area (Å²) in [5.74, 6) is 1.41. The molecular formula is C13H19N6ORe-. The molecule has 0 spiro atoms. The molecule has 3 rings (SSSR count). The topological polar surface area (TPSA) is 85.1 Å². The van der Waals surface area contributed by atoms with Gasteiger partial charge >= 0.3 is 0 Å². The molecule has 0 saturated carbocycles. The monoisotopic (exact) mass is 462 g/mol. The Morgan fingerprint density at radius 2 is 2.10 bits per heavy atom. The molecule has 1 aliphatic heterocycles. The first-order valence-electron chi connectivity index (χ1n) is 6.88. The van der Waals surface area contributed by atoms with Gasteiger partial charge in [-0.15, -0.1) is 0 Å². The fraction of sp³-hybridized carbons (Fsp3) is 0.538. The number of hydrogen-bond donors (Lipinski definition) is 1. The molecule has 8 heteroatoms. The maximum Gasteiger partial charge on any atom is 0.239 e. The molecule has 0 bridgehead atoms. The molecule has 3 heterocycles. The van der Waals surface area contributed by atoms with Crippen molar-refractivity contribution in [2.75, 3.05) is 24.5 Å². The van der Waals surface area contributed by atoms with E-state index in [9.17, 15) is 4.79 Å². The zero-order valence-corrected chi connectivity index (χ0v) is 15.1. The van der Waals surface area contributed by atoms with Crippen LogP contribution in [0.2, 0.25) is 0 Å². The minimum atomic E-state index is 0. The number of fused-ring (bicyclic) bond motifs is 1. The molecule has 1 radical (unpaired) electrons. The average Bonchev–Trinajstić information content (AvgIpc) is 2.81. The fourth-order valence-electron chi connectivity index (χ4n) is 2.11. The number of aromatic nitrogens is 4. The second-order valence-electron chi connectivity index (χ2n) is 4.30. The van der Waals surface area contributed by atoms with Crippen molar-refractivity contribution >= 4 is 22.8 Å². The van der Waals surface area contributed by atoms with Gasteiger partial charge in [-0.3, -0.25) is 9.89 Å². The molecule has 1 N–H and O–H groups in total. The standard InChI is InChI=1S/C11H14N6O.C2H6.Re/c1-7-14-10-8(5-13-16-10)11(15-7)17-4-2-3-12-9(18)6-17;1-2;/h5H,2-4,6H2,1H3,(H2,12,13,14,15,16,18);1-2H3;/p-1. The number of rotatable bonds is 1. The van der Waals surface area contributed by atoms with E-state index in [0.717, 1.165) is 24.2 Å². The average molecular weight is 462 g/mol. The number of hydrogen-bond acceptors (Lipinski definition) is 5. The predicted octanol–water partition coefficient (Wildman–Crippen LogP) is 0.640. The van der Waals surface area contributed by atoms with E-state index in [1.165, 1.54) is 0 Å². The van der Waals surface area contributed by atoms with Crippen LogP contribution in [0.1, 0.15) is 26.1 Å². The van der Waals surface area contributed by atoms with Crippen molar-refractivity contribution in [3.63, 3.8) is 0 Å². The Morgan fingerprint density at radius 1 is 1.33 bits per heavy atom. The zero-order chi connectivity index (χ0) is 14.5. The number of aryl methyl sites for hydroxylation is 1. The van der Waals surface area contributed by atoms with Gasteiger partial charge in [-0.25, -0.2) is 4.98 Å². The molecular weight excluding hydrogens is 442 g/mol. The van der Waals surface area contributed by atoms with Gasteiger partial charge in [0, 0.05) is 50.9 Å². The van der Waals surface area contributed by atoms with Crippen LogP contribution >= 0.6 is 0 Å². The number of carbonyl (C=O) groups is 1. The van der Waals surface area contributed by atoms with Crippen molar-refractivity contribution < 1.29 is 25.2 Å². The van der Waals surface area contributed by atoms with Gasteiger partial charge in [-0.05, 0) is 19.0 Å². The van der Waals surface area contributed by atoms with Gasteiger partial charge in [0.2, 0.25) is 5.91 Å². The molecule has 115 valence electrons. The summed E-state index contributed by atoms with van der Waals surface area (Å²) < 4.78 is 0. The molecule has 1 amide bonds. The van der Waals surface area contributed by atoms with E-state index in [0.29, 0.717) is 24.6 Å². The van der Waals surface area contributed by atoms with Gasteiger partial charge in [0.15, 0.2) is 0 Å². The Bertz CT molecular complexity index is 599. The smallest absolute Gasteiger partial charge is 0.239 e. The second kappa shape index (κ2) is 8.05. The summed E-state index contributed by atoms with van der Waals surface area (Å²) in [4.78, 5) is 22.2. The first-order valence-corrected chi connectivity index (χ1v) is 6.88. The molecule has 0 unspecified atom stereocenters. The Morgan fingerprint density at radius 3 is 2.86 bits per heavy atom. The molecule has 0 atom stereocenters. The summed E-state index contributed by atoms with van der Waals surface area (Å²) in [5, 5.41) is 11.5.